The van der Waals surface area contributed by atoms with Crippen LogP contribution in [-0.2, 0) is 22.5 Å². The average Bonchev–Trinajstić information content (AvgIpc) is 3.32. The van der Waals surface area contributed by atoms with Gasteiger partial charge in [-0.3, -0.25) is 9.48 Å². The monoisotopic (exact) mass is 390 g/mol. The third-order valence-corrected chi connectivity index (χ3v) is 4.60. The number of carbonyl (C=O) groups excluding carboxylic acids is 2. The summed E-state index contributed by atoms with van der Waals surface area (Å²) in [7, 11) is 0. The zero-order valence-corrected chi connectivity index (χ0v) is 16.6. The number of ether oxygens (including phenoxy) is 1. The zero-order valence-electron chi connectivity index (χ0n) is 16.6. The van der Waals surface area contributed by atoms with Crippen LogP contribution >= 0.6 is 0 Å². The molecular formula is C18H26N6O4. The number of aryl methyl sites for hydroxylation is 3. The Morgan fingerprint density at radius 3 is 2.54 bits per heavy atom. The molecule has 1 saturated heterocycles. The fourth-order valence-electron chi connectivity index (χ4n) is 3.14. The van der Waals surface area contributed by atoms with Crippen LogP contribution in [0.4, 0.5) is 4.79 Å². The van der Waals surface area contributed by atoms with E-state index in [1.54, 1.807) is 21.4 Å². The highest BCUT2D eigenvalue weighted by Gasteiger charge is 2.25. The highest BCUT2D eigenvalue weighted by Crippen LogP contribution is 2.20. The number of rotatable bonds is 6. The van der Waals surface area contributed by atoms with Gasteiger partial charge in [-0.1, -0.05) is 0 Å². The summed E-state index contributed by atoms with van der Waals surface area (Å²) in [5.74, 6) is 0.848. The van der Waals surface area contributed by atoms with Gasteiger partial charge in [-0.05, 0) is 26.8 Å². The van der Waals surface area contributed by atoms with Crippen molar-refractivity contribution in [1.82, 2.24) is 29.8 Å². The molecule has 10 nitrogen and oxygen atoms in total. The van der Waals surface area contributed by atoms with Crippen molar-refractivity contribution in [2.24, 2.45) is 0 Å². The minimum absolute atomic E-state index is 0.0118. The quantitative estimate of drug-likeness (QED) is 0.735. The van der Waals surface area contributed by atoms with Gasteiger partial charge < -0.3 is 19.0 Å². The van der Waals surface area contributed by atoms with Crippen molar-refractivity contribution in [3.63, 3.8) is 0 Å². The molecule has 0 radical (unpaired) electrons. The molecule has 0 saturated carbocycles. The van der Waals surface area contributed by atoms with E-state index in [2.05, 4.69) is 15.3 Å². The molecule has 0 aliphatic carbocycles. The molecule has 0 atom stereocenters. The lowest BCUT2D eigenvalue weighted by Gasteiger charge is -2.34. The van der Waals surface area contributed by atoms with Crippen LogP contribution in [-0.4, -0.2) is 74.6 Å². The van der Waals surface area contributed by atoms with Crippen molar-refractivity contribution in [1.29, 1.82) is 0 Å². The number of amides is 2. The molecule has 3 heterocycles. The molecule has 0 spiro atoms. The van der Waals surface area contributed by atoms with Crippen molar-refractivity contribution in [2.45, 2.75) is 40.2 Å². The first-order chi connectivity index (χ1) is 13.5. The van der Waals surface area contributed by atoms with E-state index in [0.717, 1.165) is 11.4 Å². The molecule has 0 bridgehead atoms. The van der Waals surface area contributed by atoms with Crippen LogP contribution in [0.2, 0.25) is 0 Å². The molecule has 28 heavy (non-hydrogen) atoms. The van der Waals surface area contributed by atoms with Crippen LogP contribution < -0.4 is 0 Å². The highest BCUT2D eigenvalue weighted by atomic mass is 16.6. The maximum absolute atomic E-state index is 12.4. The SMILES string of the molecule is CCOC(=O)N1CCN(C(=O)CCc2nnc(-c3cc(C)nn3CC)o2)CC1. The normalized spacial score (nSPS) is 14.4. The van der Waals surface area contributed by atoms with E-state index in [9.17, 15) is 9.59 Å². The lowest BCUT2D eigenvalue weighted by Crippen LogP contribution is -2.50. The molecule has 3 rings (SSSR count). The van der Waals surface area contributed by atoms with Crippen molar-refractivity contribution < 1.29 is 18.7 Å². The Labute approximate surface area is 163 Å². The summed E-state index contributed by atoms with van der Waals surface area (Å²) in [5, 5.41) is 12.5. The molecular weight excluding hydrogens is 364 g/mol. The number of hydrogen-bond acceptors (Lipinski definition) is 7. The fourth-order valence-corrected chi connectivity index (χ4v) is 3.14. The van der Waals surface area contributed by atoms with Crippen molar-refractivity contribution >= 4 is 12.0 Å². The molecule has 2 aromatic rings. The van der Waals surface area contributed by atoms with Gasteiger partial charge in [0, 0.05) is 45.6 Å². The van der Waals surface area contributed by atoms with Gasteiger partial charge in [0.25, 0.3) is 5.89 Å². The second kappa shape index (κ2) is 8.85. The molecule has 152 valence electrons. The molecule has 0 aromatic carbocycles. The second-order valence-electron chi connectivity index (χ2n) is 6.55. The highest BCUT2D eigenvalue weighted by molar-refractivity contribution is 5.77. The van der Waals surface area contributed by atoms with Crippen LogP contribution in [0.5, 0.6) is 0 Å². The van der Waals surface area contributed by atoms with Gasteiger partial charge in [-0.2, -0.15) is 5.10 Å². The average molecular weight is 390 g/mol. The van der Waals surface area contributed by atoms with Gasteiger partial charge in [-0.15, -0.1) is 10.2 Å². The molecule has 2 aromatic heterocycles. The predicted molar refractivity (Wildman–Crippen MR) is 99.4 cm³/mol. The summed E-state index contributed by atoms with van der Waals surface area (Å²) >= 11 is 0. The van der Waals surface area contributed by atoms with Gasteiger partial charge >= 0.3 is 6.09 Å². The van der Waals surface area contributed by atoms with E-state index < -0.39 is 0 Å². The Hall–Kier alpha value is -2.91. The second-order valence-corrected chi connectivity index (χ2v) is 6.55. The first kappa shape index (κ1) is 19.8. The van der Waals surface area contributed by atoms with E-state index >= 15 is 0 Å². The van der Waals surface area contributed by atoms with Crippen molar-refractivity contribution in [2.75, 3.05) is 32.8 Å². The van der Waals surface area contributed by atoms with Gasteiger partial charge in [-0.25, -0.2) is 4.79 Å². The van der Waals surface area contributed by atoms with E-state index in [1.807, 2.05) is 19.9 Å². The van der Waals surface area contributed by atoms with Crippen molar-refractivity contribution in [3.05, 3.63) is 17.7 Å². The first-order valence-corrected chi connectivity index (χ1v) is 9.58. The van der Waals surface area contributed by atoms with Gasteiger partial charge in [0.1, 0.15) is 5.69 Å². The topological polar surface area (TPSA) is 107 Å². The smallest absolute Gasteiger partial charge is 0.409 e. The van der Waals surface area contributed by atoms with E-state index in [1.165, 1.54) is 0 Å². The minimum atomic E-state index is -0.324. The Bertz CT molecular complexity index is 822. The number of piperazine rings is 1. The third kappa shape index (κ3) is 4.49. The number of nitrogens with zero attached hydrogens (tertiary/aromatic N) is 6. The van der Waals surface area contributed by atoms with E-state index in [4.69, 9.17) is 9.15 Å². The summed E-state index contributed by atoms with van der Waals surface area (Å²) < 4.78 is 12.5. The Balaban J connectivity index is 1.51. The zero-order chi connectivity index (χ0) is 20.1. The van der Waals surface area contributed by atoms with Crippen LogP contribution in [0.3, 0.4) is 0 Å². The summed E-state index contributed by atoms with van der Waals surface area (Å²) in [5.41, 5.74) is 1.66. The molecule has 1 aliphatic heterocycles. The Morgan fingerprint density at radius 1 is 1.14 bits per heavy atom. The molecule has 0 unspecified atom stereocenters. The predicted octanol–water partition coefficient (Wildman–Crippen LogP) is 1.49. The lowest BCUT2D eigenvalue weighted by atomic mass is 10.2. The molecule has 0 N–H and O–H groups in total. The Morgan fingerprint density at radius 2 is 1.86 bits per heavy atom. The first-order valence-electron chi connectivity index (χ1n) is 9.58. The maximum atomic E-state index is 12.4. The van der Waals surface area contributed by atoms with E-state index in [-0.39, 0.29) is 18.4 Å². The third-order valence-electron chi connectivity index (χ3n) is 4.60. The number of hydrogen-bond donors (Lipinski definition) is 0. The summed E-state index contributed by atoms with van der Waals surface area (Å²) in [6.07, 6.45) is 0.338. The molecule has 1 fully saturated rings. The number of carbonyl (C=O) groups is 2. The summed E-state index contributed by atoms with van der Waals surface area (Å²) in [6, 6.07) is 1.90. The van der Waals surface area contributed by atoms with Gasteiger partial charge in [0.2, 0.25) is 11.8 Å². The molecule has 2 amide bonds. The maximum Gasteiger partial charge on any atom is 0.409 e. The fraction of sp³-hybridized carbons (Fsp3) is 0.611. The number of aromatic nitrogens is 4. The molecule has 1 aliphatic rings. The minimum Gasteiger partial charge on any atom is -0.450 e. The summed E-state index contributed by atoms with van der Waals surface area (Å²) in [4.78, 5) is 27.5. The molecule has 10 heteroatoms. The van der Waals surface area contributed by atoms with Crippen LogP contribution in [0.25, 0.3) is 11.6 Å². The van der Waals surface area contributed by atoms with Crippen LogP contribution in [0.15, 0.2) is 10.5 Å². The standard InChI is InChI=1S/C18H26N6O4/c1-4-24-14(12-13(3)21-24)17-20-19-15(28-17)6-7-16(25)22-8-10-23(11-9-22)18(26)27-5-2/h12H,4-11H2,1-3H3. The largest absolute Gasteiger partial charge is 0.450 e. The van der Waals surface area contributed by atoms with Gasteiger partial charge in [0.15, 0.2) is 0 Å². The van der Waals surface area contributed by atoms with Crippen LogP contribution in [0, 0.1) is 6.92 Å². The van der Waals surface area contributed by atoms with Crippen LogP contribution in [0.1, 0.15) is 31.9 Å². The van der Waals surface area contributed by atoms with Crippen molar-refractivity contribution in [3.8, 4) is 11.6 Å². The Kier molecular flexibility index (Phi) is 6.27. The lowest BCUT2D eigenvalue weighted by molar-refractivity contribution is -0.132. The van der Waals surface area contributed by atoms with E-state index in [0.29, 0.717) is 57.5 Å². The van der Waals surface area contributed by atoms with Gasteiger partial charge in [0.05, 0.1) is 12.3 Å². The summed E-state index contributed by atoms with van der Waals surface area (Å²) in [6.45, 7) is 8.70.